The summed E-state index contributed by atoms with van der Waals surface area (Å²) < 4.78 is 5.68. The van der Waals surface area contributed by atoms with E-state index in [2.05, 4.69) is 25.9 Å². The van der Waals surface area contributed by atoms with Gasteiger partial charge in [0.15, 0.2) is 0 Å². The normalized spacial score (nSPS) is 17.2. The number of rotatable bonds is 6. The third-order valence-corrected chi connectivity index (χ3v) is 5.27. The number of H-pyrrole nitrogens is 1. The fourth-order valence-corrected chi connectivity index (χ4v) is 3.53. The van der Waals surface area contributed by atoms with Gasteiger partial charge in [0.25, 0.3) is 5.91 Å². The van der Waals surface area contributed by atoms with Crippen molar-refractivity contribution >= 4 is 11.8 Å². The second kappa shape index (κ2) is 9.48. The fraction of sp³-hybridized carbons (Fsp3) is 0.318. The molecule has 1 saturated heterocycles. The molecule has 0 radical (unpaired) electrons. The van der Waals surface area contributed by atoms with Crippen molar-refractivity contribution in [2.75, 3.05) is 19.7 Å². The lowest BCUT2D eigenvalue weighted by Crippen LogP contribution is -2.44. The van der Waals surface area contributed by atoms with E-state index in [1.54, 1.807) is 17.0 Å². The van der Waals surface area contributed by atoms with E-state index in [0.29, 0.717) is 31.1 Å². The summed E-state index contributed by atoms with van der Waals surface area (Å²) in [6, 6.07) is 16.4. The zero-order valence-corrected chi connectivity index (χ0v) is 17.2. The number of carbonyl (C=O) groups excluding carboxylic acids is 2. The number of hydrogen-bond donors (Lipinski definition) is 2. The maximum absolute atomic E-state index is 13.1. The largest absolute Gasteiger partial charge is 0.366 e. The van der Waals surface area contributed by atoms with Gasteiger partial charge in [-0.2, -0.15) is 5.21 Å². The van der Waals surface area contributed by atoms with Gasteiger partial charge in [0.1, 0.15) is 6.10 Å². The highest BCUT2D eigenvalue weighted by molar-refractivity contribution is 5.94. The molecular weight excluding hydrogens is 396 g/mol. The zero-order valence-electron chi connectivity index (χ0n) is 17.2. The monoisotopic (exact) mass is 420 g/mol. The Labute approximate surface area is 179 Å². The van der Waals surface area contributed by atoms with E-state index < -0.39 is 12.1 Å². The van der Waals surface area contributed by atoms with Crippen LogP contribution in [0.15, 0.2) is 54.6 Å². The lowest BCUT2D eigenvalue weighted by atomic mass is 10.0. The first-order chi connectivity index (χ1) is 15.1. The number of tetrazole rings is 1. The van der Waals surface area contributed by atoms with Crippen LogP contribution in [0, 0.1) is 6.92 Å². The average Bonchev–Trinajstić information content (AvgIpc) is 3.35. The van der Waals surface area contributed by atoms with Crippen molar-refractivity contribution in [3.63, 3.8) is 0 Å². The van der Waals surface area contributed by atoms with Crippen LogP contribution in [-0.4, -0.2) is 57.0 Å². The number of hydrogen-bond acceptors (Lipinski definition) is 6. The smallest absolute Gasteiger partial charge is 0.251 e. The van der Waals surface area contributed by atoms with Crippen LogP contribution in [0.3, 0.4) is 0 Å². The molecule has 2 unspecified atom stereocenters. The molecule has 1 aromatic heterocycles. The first kappa shape index (κ1) is 20.7. The van der Waals surface area contributed by atoms with Gasteiger partial charge in [-0.3, -0.25) is 9.59 Å². The molecule has 1 aliphatic rings. The van der Waals surface area contributed by atoms with Gasteiger partial charge in [-0.25, -0.2) is 0 Å². The van der Waals surface area contributed by atoms with Gasteiger partial charge in [0.05, 0.1) is 25.6 Å². The average molecular weight is 420 g/mol. The molecule has 0 saturated carbocycles. The lowest BCUT2D eigenvalue weighted by molar-refractivity contribution is -0.139. The third-order valence-electron chi connectivity index (χ3n) is 5.27. The Balaban J connectivity index is 1.47. The lowest BCUT2D eigenvalue weighted by Gasteiger charge is -2.32. The number of ether oxygens (including phenoxy) is 1. The van der Waals surface area contributed by atoms with Crippen LogP contribution in [-0.2, 0) is 9.53 Å². The van der Waals surface area contributed by atoms with E-state index in [0.717, 1.165) is 11.1 Å². The van der Waals surface area contributed by atoms with Crippen LogP contribution >= 0.6 is 0 Å². The molecule has 2 atom stereocenters. The molecule has 2 aromatic carbocycles. The van der Waals surface area contributed by atoms with E-state index >= 15 is 0 Å². The van der Waals surface area contributed by atoms with Crippen molar-refractivity contribution in [1.29, 1.82) is 0 Å². The van der Waals surface area contributed by atoms with E-state index in [-0.39, 0.29) is 18.2 Å². The van der Waals surface area contributed by atoms with E-state index in [9.17, 15) is 9.59 Å². The summed E-state index contributed by atoms with van der Waals surface area (Å²) in [5, 5.41) is 16.9. The summed E-state index contributed by atoms with van der Waals surface area (Å²) >= 11 is 0. The molecule has 31 heavy (non-hydrogen) atoms. The molecule has 2 amide bonds. The minimum atomic E-state index is -0.450. The summed E-state index contributed by atoms with van der Waals surface area (Å²) in [5.74, 6) is 0.132. The van der Waals surface area contributed by atoms with Crippen LogP contribution < -0.4 is 5.32 Å². The van der Waals surface area contributed by atoms with E-state index in [1.807, 2.05) is 49.4 Å². The highest BCUT2D eigenvalue weighted by atomic mass is 16.5. The maximum atomic E-state index is 13.1. The van der Waals surface area contributed by atoms with Crippen LogP contribution in [0.25, 0.3) is 0 Å². The number of morpholine rings is 1. The number of nitrogens with zero attached hydrogens (tertiary/aromatic N) is 4. The maximum Gasteiger partial charge on any atom is 0.251 e. The number of aryl methyl sites for hydroxylation is 1. The number of aromatic nitrogens is 4. The molecule has 4 rings (SSSR count). The zero-order chi connectivity index (χ0) is 21.6. The predicted octanol–water partition coefficient (Wildman–Crippen LogP) is 1.97. The second-order valence-electron chi connectivity index (χ2n) is 7.48. The molecule has 1 aliphatic heterocycles. The standard InChI is InChI=1S/C22H24N6O3/c1-15-7-9-17(10-8-15)22(30)23-18(16-5-3-2-4-6-16)13-20(29)28-11-12-31-19(14-28)21-24-26-27-25-21/h2-10,18-19H,11-14H2,1H3,(H,23,30)(H,24,25,26,27). The van der Waals surface area contributed by atoms with Crippen LogP contribution in [0.4, 0.5) is 0 Å². The molecule has 160 valence electrons. The Kier molecular flexibility index (Phi) is 6.32. The Hall–Kier alpha value is -3.59. The van der Waals surface area contributed by atoms with Gasteiger partial charge in [0.2, 0.25) is 11.7 Å². The minimum Gasteiger partial charge on any atom is -0.366 e. The fourth-order valence-electron chi connectivity index (χ4n) is 3.53. The van der Waals surface area contributed by atoms with Crippen molar-refractivity contribution in [2.24, 2.45) is 0 Å². The van der Waals surface area contributed by atoms with E-state index in [4.69, 9.17) is 4.74 Å². The van der Waals surface area contributed by atoms with Crippen molar-refractivity contribution in [3.05, 3.63) is 77.1 Å². The Morgan fingerprint density at radius 2 is 1.97 bits per heavy atom. The number of amides is 2. The van der Waals surface area contributed by atoms with Crippen LogP contribution in [0.5, 0.6) is 0 Å². The van der Waals surface area contributed by atoms with Crippen molar-refractivity contribution in [3.8, 4) is 0 Å². The van der Waals surface area contributed by atoms with Gasteiger partial charge < -0.3 is 15.0 Å². The van der Waals surface area contributed by atoms with Gasteiger partial charge >= 0.3 is 0 Å². The molecule has 0 spiro atoms. The predicted molar refractivity (Wildman–Crippen MR) is 112 cm³/mol. The number of benzene rings is 2. The quantitative estimate of drug-likeness (QED) is 0.630. The Morgan fingerprint density at radius 3 is 2.68 bits per heavy atom. The molecular formula is C22H24N6O3. The van der Waals surface area contributed by atoms with Gasteiger partial charge in [-0.15, -0.1) is 10.2 Å². The number of nitrogens with one attached hydrogen (secondary N) is 2. The summed E-state index contributed by atoms with van der Waals surface area (Å²) in [7, 11) is 0. The molecule has 2 N–H and O–H groups in total. The van der Waals surface area contributed by atoms with Crippen molar-refractivity contribution in [2.45, 2.75) is 25.5 Å². The first-order valence-electron chi connectivity index (χ1n) is 10.2. The van der Waals surface area contributed by atoms with Gasteiger partial charge in [0, 0.05) is 12.1 Å². The Morgan fingerprint density at radius 1 is 1.19 bits per heavy atom. The minimum absolute atomic E-state index is 0.0742. The summed E-state index contributed by atoms with van der Waals surface area (Å²) in [6.07, 6.45) is -0.283. The Bertz CT molecular complexity index is 1010. The molecule has 2 heterocycles. The van der Waals surface area contributed by atoms with Crippen LogP contribution in [0.1, 0.15) is 45.9 Å². The number of carbonyl (C=O) groups is 2. The highest BCUT2D eigenvalue weighted by Gasteiger charge is 2.30. The molecule has 9 nitrogen and oxygen atoms in total. The molecule has 1 fully saturated rings. The van der Waals surface area contributed by atoms with Gasteiger partial charge in [-0.05, 0) is 24.6 Å². The summed E-state index contributed by atoms with van der Waals surface area (Å²) in [5.41, 5.74) is 2.51. The van der Waals surface area contributed by atoms with Crippen molar-refractivity contribution < 1.29 is 14.3 Å². The van der Waals surface area contributed by atoms with Crippen molar-refractivity contribution in [1.82, 2.24) is 30.8 Å². The summed E-state index contributed by atoms with van der Waals surface area (Å²) in [6.45, 7) is 3.17. The number of aromatic amines is 1. The molecule has 9 heteroatoms. The topological polar surface area (TPSA) is 113 Å². The summed E-state index contributed by atoms with van der Waals surface area (Å²) in [4.78, 5) is 27.7. The SMILES string of the molecule is Cc1ccc(C(=O)NC(CC(=O)N2CCOC(c3nn[nH]n3)C2)c2ccccc2)cc1. The van der Waals surface area contributed by atoms with Crippen LogP contribution in [0.2, 0.25) is 0 Å². The second-order valence-corrected chi connectivity index (χ2v) is 7.48. The van der Waals surface area contributed by atoms with Gasteiger partial charge in [-0.1, -0.05) is 53.2 Å². The first-order valence-corrected chi connectivity index (χ1v) is 10.2. The molecule has 0 aliphatic carbocycles. The van der Waals surface area contributed by atoms with E-state index in [1.165, 1.54) is 0 Å². The highest BCUT2D eigenvalue weighted by Crippen LogP contribution is 2.23. The molecule has 0 bridgehead atoms. The molecule has 3 aromatic rings. The third kappa shape index (κ3) is 5.13.